The Morgan fingerprint density at radius 3 is 2.88 bits per heavy atom. The second-order valence-corrected chi connectivity index (χ2v) is 5.46. The number of fused-ring (bicyclic) bond motifs is 1. The first-order valence-electron chi connectivity index (χ1n) is 7.80. The number of nitrogens with zero attached hydrogens (tertiary/aromatic N) is 2. The summed E-state index contributed by atoms with van der Waals surface area (Å²) < 4.78 is 5.55. The summed E-state index contributed by atoms with van der Waals surface area (Å²) in [5, 5.41) is 9.37. The molecule has 0 fully saturated rings. The molecule has 24 heavy (non-hydrogen) atoms. The fraction of sp³-hybridized carbons (Fsp3) is 0.211. The second-order valence-electron chi connectivity index (χ2n) is 5.46. The Morgan fingerprint density at radius 2 is 2.12 bits per heavy atom. The molecule has 0 amide bonds. The van der Waals surface area contributed by atoms with Crippen molar-refractivity contribution in [2.24, 2.45) is 0 Å². The molecule has 3 rings (SSSR count). The summed E-state index contributed by atoms with van der Waals surface area (Å²) in [6.07, 6.45) is 0.894. The van der Waals surface area contributed by atoms with E-state index in [0.717, 1.165) is 23.0 Å². The second kappa shape index (κ2) is 6.97. The summed E-state index contributed by atoms with van der Waals surface area (Å²) >= 11 is 0. The number of ketones is 1. The minimum Gasteiger partial charge on any atom is -0.486 e. The molecule has 0 aliphatic carbocycles. The molecule has 120 valence electrons. The molecule has 0 aliphatic heterocycles. The Bertz CT molecular complexity index is 875. The van der Waals surface area contributed by atoms with E-state index in [2.05, 4.69) is 16.9 Å². The van der Waals surface area contributed by atoms with Gasteiger partial charge in [0.2, 0.25) is 0 Å². The van der Waals surface area contributed by atoms with Gasteiger partial charge < -0.3 is 9.72 Å². The molecular formula is C19H17N3O2. The van der Waals surface area contributed by atoms with Crippen molar-refractivity contribution in [2.45, 2.75) is 19.3 Å². The van der Waals surface area contributed by atoms with Crippen molar-refractivity contribution < 1.29 is 9.53 Å². The number of aryl methyl sites for hydroxylation is 1. The molecule has 0 unspecified atom stereocenters. The van der Waals surface area contributed by atoms with Gasteiger partial charge in [0.05, 0.1) is 17.1 Å². The Morgan fingerprint density at radius 1 is 1.29 bits per heavy atom. The number of hydrogen-bond donors (Lipinski definition) is 1. The van der Waals surface area contributed by atoms with Crippen molar-refractivity contribution in [3.8, 4) is 11.8 Å². The van der Waals surface area contributed by atoms with E-state index in [0.29, 0.717) is 11.6 Å². The number of imidazole rings is 1. The maximum absolute atomic E-state index is 12.4. The maximum atomic E-state index is 12.4. The van der Waals surface area contributed by atoms with Crippen LogP contribution in [-0.4, -0.2) is 22.4 Å². The number of Topliss-reactive ketones (excluding diaryl/α,β-unsaturated/α-hetero) is 1. The number of carbonyl (C=O) groups excluding carboxylic acids is 1. The third-order valence-corrected chi connectivity index (χ3v) is 3.82. The molecular weight excluding hydrogens is 302 g/mol. The van der Waals surface area contributed by atoms with Gasteiger partial charge in [0.1, 0.15) is 18.2 Å². The van der Waals surface area contributed by atoms with Gasteiger partial charge in [-0.3, -0.25) is 4.79 Å². The molecule has 2 aromatic carbocycles. The molecule has 1 atom stereocenters. The molecule has 0 spiro atoms. The number of hydrogen-bond acceptors (Lipinski definition) is 4. The third kappa shape index (κ3) is 3.28. The van der Waals surface area contributed by atoms with Crippen LogP contribution in [0.3, 0.4) is 0 Å². The normalized spacial score (nSPS) is 11.8. The predicted octanol–water partition coefficient (Wildman–Crippen LogP) is 3.38. The maximum Gasteiger partial charge on any atom is 0.194 e. The first kappa shape index (κ1) is 15.8. The Hall–Kier alpha value is -3.13. The van der Waals surface area contributed by atoms with Crippen LogP contribution in [0.5, 0.6) is 5.75 Å². The van der Waals surface area contributed by atoms with Crippen LogP contribution in [0, 0.1) is 11.3 Å². The number of carbonyl (C=O) groups is 1. The lowest BCUT2D eigenvalue weighted by Crippen LogP contribution is -2.20. The number of aromatic nitrogens is 2. The minimum atomic E-state index is -0.966. The number of nitriles is 1. The summed E-state index contributed by atoms with van der Waals surface area (Å²) in [7, 11) is 0. The number of H-pyrrole nitrogens is 1. The fourth-order valence-electron chi connectivity index (χ4n) is 2.49. The van der Waals surface area contributed by atoms with E-state index in [4.69, 9.17) is 4.74 Å². The highest BCUT2D eigenvalue weighted by Crippen LogP contribution is 2.19. The van der Waals surface area contributed by atoms with Crippen molar-refractivity contribution >= 4 is 16.8 Å². The molecule has 3 aromatic rings. The topological polar surface area (TPSA) is 78.8 Å². The van der Waals surface area contributed by atoms with Gasteiger partial charge in [-0.05, 0) is 36.2 Å². The van der Waals surface area contributed by atoms with Crippen molar-refractivity contribution in [2.75, 3.05) is 6.61 Å². The van der Waals surface area contributed by atoms with Crippen LogP contribution in [-0.2, 0) is 11.2 Å². The Kier molecular flexibility index (Phi) is 4.57. The van der Waals surface area contributed by atoms with Gasteiger partial charge in [0.15, 0.2) is 11.7 Å². The zero-order valence-electron chi connectivity index (χ0n) is 13.3. The summed E-state index contributed by atoms with van der Waals surface area (Å²) in [6.45, 7) is 1.89. The van der Waals surface area contributed by atoms with Gasteiger partial charge in [0.25, 0.3) is 0 Å². The van der Waals surface area contributed by atoms with Crippen LogP contribution >= 0.6 is 0 Å². The SMILES string of the molecule is CCc1cccc(OCC(=O)[C@@H](C#N)c2nc3ccccc3[nH]2)c1. The Labute approximate surface area is 139 Å². The highest BCUT2D eigenvalue weighted by atomic mass is 16.5. The number of para-hydroxylation sites is 2. The lowest BCUT2D eigenvalue weighted by molar-refractivity contribution is -0.121. The molecule has 5 nitrogen and oxygen atoms in total. The number of benzene rings is 2. The largest absolute Gasteiger partial charge is 0.486 e. The van der Waals surface area contributed by atoms with E-state index < -0.39 is 5.92 Å². The van der Waals surface area contributed by atoms with Gasteiger partial charge in [-0.2, -0.15) is 5.26 Å². The van der Waals surface area contributed by atoms with Crippen LogP contribution in [0.4, 0.5) is 0 Å². The molecule has 0 aliphatic rings. The first-order chi connectivity index (χ1) is 11.7. The molecule has 0 saturated carbocycles. The summed E-state index contributed by atoms with van der Waals surface area (Å²) in [5.41, 5.74) is 2.67. The highest BCUT2D eigenvalue weighted by Gasteiger charge is 2.24. The van der Waals surface area contributed by atoms with E-state index in [9.17, 15) is 10.1 Å². The molecule has 0 radical (unpaired) electrons. The molecule has 0 saturated heterocycles. The molecule has 1 heterocycles. The first-order valence-corrected chi connectivity index (χ1v) is 7.80. The number of nitrogens with one attached hydrogen (secondary N) is 1. The van der Waals surface area contributed by atoms with Crippen molar-refractivity contribution in [3.05, 3.63) is 59.9 Å². The molecule has 1 aromatic heterocycles. The quantitative estimate of drug-likeness (QED) is 0.755. The average Bonchev–Trinajstić information content (AvgIpc) is 3.04. The Balaban J connectivity index is 1.73. The van der Waals surface area contributed by atoms with E-state index in [1.54, 1.807) is 6.07 Å². The lowest BCUT2D eigenvalue weighted by atomic mass is 10.1. The predicted molar refractivity (Wildman–Crippen MR) is 90.8 cm³/mol. The van der Waals surface area contributed by atoms with E-state index >= 15 is 0 Å². The highest BCUT2D eigenvalue weighted by molar-refractivity contribution is 5.90. The van der Waals surface area contributed by atoms with E-state index in [1.165, 1.54) is 0 Å². The van der Waals surface area contributed by atoms with E-state index in [1.807, 2.05) is 48.5 Å². The molecule has 5 heteroatoms. The lowest BCUT2D eigenvalue weighted by Gasteiger charge is -2.09. The third-order valence-electron chi connectivity index (χ3n) is 3.82. The summed E-state index contributed by atoms with van der Waals surface area (Å²) in [6, 6.07) is 17.0. The number of ether oxygens (including phenoxy) is 1. The number of aromatic amines is 1. The van der Waals surface area contributed by atoms with Crippen molar-refractivity contribution in [1.29, 1.82) is 5.26 Å². The van der Waals surface area contributed by atoms with Crippen molar-refractivity contribution in [1.82, 2.24) is 9.97 Å². The van der Waals surface area contributed by atoms with Crippen LogP contribution in [0.2, 0.25) is 0 Å². The van der Waals surface area contributed by atoms with Gasteiger partial charge in [-0.25, -0.2) is 4.98 Å². The minimum absolute atomic E-state index is 0.164. The standard InChI is InChI=1S/C19H17N3O2/c1-2-13-6-5-7-14(10-13)24-12-18(23)15(11-20)19-21-16-8-3-4-9-17(16)22-19/h3-10,15H,2,12H2,1H3,(H,21,22)/t15-/m1/s1. The zero-order chi connectivity index (χ0) is 16.9. The van der Waals surface area contributed by atoms with Crippen LogP contribution < -0.4 is 4.74 Å². The zero-order valence-corrected chi connectivity index (χ0v) is 13.3. The van der Waals surface area contributed by atoms with Crippen LogP contribution in [0.1, 0.15) is 24.2 Å². The molecule has 1 N–H and O–H groups in total. The van der Waals surface area contributed by atoms with Crippen molar-refractivity contribution in [3.63, 3.8) is 0 Å². The molecule has 0 bridgehead atoms. The van der Waals surface area contributed by atoms with Gasteiger partial charge >= 0.3 is 0 Å². The fourth-order valence-corrected chi connectivity index (χ4v) is 2.49. The monoisotopic (exact) mass is 319 g/mol. The van der Waals surface area contributed by atoms with E-state index in [-0.39, 0.29) is 12.4 Å². The van der Waals surface area contributed by atoms with Crippen LogP contribution in [0.25, 0.3) is 11.0 Å². The van der Waals surface area contributed by atoms with Gasteiger partial charge in [0, 0.05) is 0 Å². The average molecular weight is 319 g/mol. The van der Waals surface area contributed by atoms with Gasteiger partial charge in [-0.1, -0.05) is 31.2 Å². The van der Waals surface area contributed by atoms with Crippen LogP contribution in [0.15, 0.2) is 48.5 Å². The van der Waals surface area contributed by atoms with Gasteiger partial charge in [-0.15, -0.1) is 0 Å². The number of rotatable bonds is 6. The smallest absolute Gasteiger partial charge is 0.194 e. The summed E-state index contributed by atoms with van der Waals surface area (Å²) in [5.74, 6) is -0.302. The summed E-state index contributed by atoms with van der Waals surface area (Å²) in [4.78, 5) is 19.7.